The standard InChI is InChI=1S/C10H20N2O2/c1-4-8(2)11-5-9(13)12-6-10(3,14)7-12/h8,11,14H,4-7H2,1-3H3. The van der Waals surface area contributed by atoms with Crippen molar-refractivity contribution >= 4 is 5.91 Å². The van der Waals surface area contributed by atoms with Crippen LogP contribution in [0.3, 0.4) is 0 Å². The third-order valence-electron chi connectivity index (χ3n) is 2.63. The van der Waals surface area contributed by atoms with Crippen molar-refractivity contribution in [1.29, 1.82) is 0 Å². The Morgan fingerprint density at radius 1 is 1.64 bits per heavy atom. The van der Waals surface area contributed by atoms with Crippen LogP contribution in [0.25, 0.3) is 0 Å². The van der Waals surface area contributed by atoms with E-state index in [0.29, 0.717) is 25.7 Å². The van der Waals surface area contributed by atoms with Gasteiger partial charge in [0.1, 0.15) is 0 Å². The Bertz CT molecular complexity index is 208. The second kappa shape index (κ2) is 4.28. The molecule has 14 heavy (non-hydrogen) atoms. The molecule has 0 saturated carbocycles. The number of nitrogens with one attached hydrogen (secondary N) is 1. The van der Waals surface area contributed by atoms with Crippen molar-refractivity contribution < 1.29 is 9.90 Å². The van der Waals surface area contributed by atoms with Crippen LogP contribution < -0.4 is 5.32 Å². The van der Waals surface area contributed by atoms with Gasteiger partial charge in [-0.25, -0.2) is 0 Å². The molecule has 1 aliphatic heterocycles. The number of β-amino-alcohol motifs (C(OH)–C–C–N with tert-alkyl or cyclic N) is 1. The van der Waals surface area contributed by atoms with Gasteiger partial charge < -0.3 is 15.3 Å². The predicted octanol–water partition coefficient (Wildman–Crippen LogP) is -0.0323. The second-order valence-corrected chi connectivity index (χ2v) is 4.44. The molecule has 0 aliphatic carbocycles. The Kier molecular flexibility index (Phi) is 3.50. The topological polar surface area (TPSA) is 52.6 Å². The maximum atomic E-state index is 11.5. The molecule has 82 valence electrons. The van der Waals surface area contributed by atoms with Crippen LogP contribution in [0.5, 0.6) is 0 Å². The van der Waals surface area contributed by atoms with Crippen molar-refractivity contribution in [2.75, 3.05) is 19.6 Å². The highest BCUT2D eigenvalue weighted by Crippen LogP contribution is 2.19. The average molecular weight is 200 g/mol. The number of carbonyl (C=O) groups excluding carboxylic acids is 1. The number of nitrogens with zero attached hydrogens (tertiary/aromatic N) is 1. The lowest BCUT2D eigenvalue weighted by atomic mass is 9.97. The summed E-state index contributed by atoms with van der Waals surface area (Å²) in [6.07, 6.45) is 1.02. The van der Waals surface area contributed by atoms with E-state index in [2.05, 4.69) is 19.2 Å². The molecule has 0 aromatic heterocycles. The zero-order chi connectivity index (χ0) is 10.8. The first-order valence-corrected chi connectivity index (χ1v) is 5.18. The van der Waals surface area contributed by atoms with E-state index in [9.17, 15) is 9.90 Å². The molecule has 1 heterocycles. The van der Waals surface area contributed by atoms with Crippen LogP contribution in [0.1, 0.15) is 27.2 Å². The van der Waals surface area contributed by atoms with E-state index in [1.165, 1.54) is 0 Å². The lowest BCUT2D eigenvalue weighted by Gasteiger charge is -2.44. The summed E-state index contributed by atoms with van der Waals surface area (Å²) < 4.78 is 0. The van der Waals surface area contributed by atoms with Gasteiger partial charge >= 0.3 is 0 Å². The molecule has 0 bridgehead atoms. The first-order valence-electron chi connectivity index (χ1n) is 5.18. The quantitative estimate of drug-likeness (QED) is 0.670. The molecule has 0 spiro atoms. The summed E-state index contributed by atoms with van der Waals surface area (Å²) in [5.74, 6) is 0.0804. The van der Waals surface area contributed by atoms with E-state index in [-0.39, 0.29) is 5.91 Å². The van der Waals surface area contributed by atoms with Gasteiger partial charge in [0.05, 0.1) is 25.2 Å². The van der Waals surface area contributed by atoms with E-state index in [0.717, 1.165) is 6.42 Å². The largest absolute Gasteiger partial charge is 0.386 e. The lowest BCUT2D eigenvalue weighted by molar-refractivity contribution is -0.151. The average Bonchev–Trinajstić information content (AvgIpc) is 2.09. The van der Waals surface area contributed by atoms with Crippen LogP contribution in [-0.4, -0.2) is 47.2 Å². The van der Waals surface area contributed by atoms with E-state index in [1.54, 1.807) is 11.8 Å². The van der Waals surface area contributed by atoms with Crippen molar-refractivity contribution in [1.82, 2.24) is 10.2 Å². The van der Waals surface area contributed by atoms with Crippen LogP contribution in [0, 0.1) is 0 Å². The molecule has 1 atom stereocenters. The molecule has 4 heteroatoms. The number of rotatable bonds is 4. The number of carbonyl (C=O) groups is 1. The van der Waals surface area contributed by atoms with Gasteiger partial charge in [-0.15, -0.1) is 0 Å². The SMILES string of the molecule is CCC(C)NCC(=O)N1CC(C)(O)C1. The zero-order valence-corrected chi connectivity index (χ0v) is 9.21. The molecule has 2 N–H and O–H groups in total. The van der Waals surface area contributed by atoms with E-state index in [4.69, 9.17) is 0 Å². The van der Waals surface area contributed by atoms with Crippen molar-refractivity contribution in [2.45, 2.75) is 38.8 Å². The van der Waals surface area contributed by atoms with E-state index < -0.39 is 5.60 Å². The first-order chi connectivity index (χ1) is 6.44. The summed E-state index contributed by atoms with van der Waals surface area (Å²) in [5, 5.41) is 12.6. The number of likely N-dealkylation sites (tertiary alicyclic amines) is 1. The third-order valence-corrected chi connectivity index (χ3v) is 2.63. The van der Waals surface area contributed by atoms with Gasteiger partial charge in [-0.1, -0.05) is 6.92 Å². The number of aliphatic hydroxyl groups is 1. The van der Waals surface area contributed by atoms with Gasteiger partial charge in [-0.3, -0.25) is 4.79 Å². The minimum absolute atomic E-state index is 0.0804. The Balaban J connectivity index is 2.18. The molecule has 0 aromatic rings. The summed E-state index contributed by atoms with van der Waals surface area (Å²) in [5.41, 5.74) is -0.661. The monoisotopic (exact) mass is 200 g/mol. The maximum absolute atomic E-state index is 11.5. The van der Waals surface area contributed by atoms with Gasteiger partial charge in [0.2, 0.25) is 5.91 Å². The molecule has 1 rings (SSSR count). The number of amides is 1. The van der Waals surface area contributed by atoms with E-state index in [1.807, 2.05) is 0 Å². The van der Waals surface area contributed by atoms with Gasteiger partial charge in [0.15, 0.2) is 0 Å². The Labute approximate surface area is 85.3 Å². The van der Waals surface area contributed by atoms with Crippen LogP contribution in [-0.2, 0) is 4.79 Å². The fourth-order valence-corrected chi connectivity index (χ4v) is 1.47. The normalized spacial score (nSPS) is 21.6. The minimum atomic E-state index is -0.661. The van der Waals surface area contributed by atoms with Crippen molar-refractivity contribution in [3.63, 3.8) is 0 Å². The van der Waals surface area contributed by atoms with Crippen LogP contribution in [0.2, 0.25) is 0 Å². The van der Waals surface area contributed by atoms with E-state index >= 15 is 0 Å². The second-order valence-electron chi connectivity index (χ2n) is 4.44. The highest BCUT2D eigenvalue weighted by molar-refractivity contribution is 5.79. The van der Waals surface area contributed by atoms with Crippen LogP contribution in [0.4, 0.5) is 0 Å². The summed E-state index contributed by atoms with van der Waals surface area (Å²) >= 11 is 0. The molecule has 0 radical (unpaired) electrons. The van der Waals surface area contributed by atoms with Gasteiger partial charge in [0.25, 0.3) is 0 Å². The van der Waals surface area contributed by atoms with Crippen molar-refractivity contribution in [3.05, 3.63) is 0 Å². The smallest absolute Gasteiger partial charge is 0.236 e. The molecular weight excluding hydrogens is 180 g/mol. The molecule has 0 aromatic carbocycles. The van der Waals surface area contributed by atoms with Crippen molar-refractivity contribution in [3.8, 4) is 0 Å². The Morgan fingerprint density at radius 2 is 2.21 bits per heavy atom. The lowest BCUT2D eigenvalue weighted by Crippen LogP contribution is -2.63. The highest BCUT2D eigenvalue weighted by atomic mass is 16.3. The van der Waals surface area contributed by atoms with Crippen molar-refractivity contribution in [2.24, 2.45) is 0 Å². The summed E-state index contributed by atoms with van der Waals surface area (Å²) in [6.45, 7) is 7.20. The van der Waals surface area contributed by atoms with Gasteiger partial charge in [0, 0.05) is 6.04 Å². The summed E-state index contributed by atoms with van der Waals surface area (Å²) in [4.78, 5) is 13.2. The highest BCUT2D eigenvalue weighted by Gasteiger charge is 2.38. The first kappa shape index (κ1) is 11.5. The van der Waals surface area contributed by atoms with Crippen LogP contribution >= 0.6 is 0 Å². The molecule has 1 fully saturated rings. The zero-order valence-electron chi connectivity index (χ0n) is 9.21. The number of hydrogen-bond donors (Lipinski definition) is 2. The number of hydrogen-bond acceptors (Lipinski definition) is 3. The molecule has 4 nitrogen and oxygen atoms in total. The maximum Gasteiger partial charge on any atom is 0.236 e. The molecule has 1 unspecified atom stereocenters. The third kappa shape index (κ3) is 2.96. The minimum Gasteiger partial charge on any atom is -0.386 e. The van der Waals surface area contributed by atoms with Gasteiger partial charge in [-0.05, 0) is 20.3 Å². The fourth-order valence-electron chi connectivity index (χ4n) is 1.47. The van der Waals surface area contributed by atoms with Gasteiger partial charge in [-0.2, -0.15) is 0 Å². The summed E-state index contributed by atoms with van der Waals surface area (Å²) in [7, 11) is 0. The Morgan fingerprint density at radius 3 is 2.64 bits per heavy atom. The Hall–Kier alpha value is -0.610. The molecular formula is C10H20N2O2. The molecule has 1 amide bonds. The molecule has 1 aliphatic rings. The van der Waals surface area contributed by atoms with Crippen LogP contribution in [0.15, 0.2) is 0 Å². The fraction of sp³-hybridized carbons (Fsp3) is 0.900. The summed E-state index contributed by atoms with van der Waals surface area (Å²) in [6, 6.07) is 0.376. The molecule has 1 saturated heterocycles. The predicted molar refractivity (Wildman–Crippen MR) is 55.0 cm³/mol.